The van der Waals surface area contributed by atoms with Crippen LogP contribution in [-0.2, 0) is 14.3 Å². The molecule has 110 valence electrons. The summed E-state index contributed by atoms with van der Waals surface area (Å²) in [6, 6.07) is 0. The van der Waals surface area contributed by atoms with E-state index >= 15 is 0 Å². The summed E-state index contributed by atoms with van der Waals surface area (Å²) in [5, 5.41) is 10.2. The van der Waals surface area contributed by atoms with Crippen molar-refractivity contribution in [1.82, 2.24) is 5.32 Å². The maximum Gasteiger partial charge on any atom is 0.422 e. The Kier molecular flexibility index (Phi) is 4.11. The number of alkyl halides is 3. The molecule has 1 aliphatic heterocycles. The van der Waals surface area contributed by atoms with Crippen molar-refractivity contribution in [3.8, 4) is 0 Å². The van der Waals surface area contributed by atoms with Crippen LogP contribution in [0.3, 0.4) is 0 Å². The van der Waals surface area contributed by atoms with Gasteiger partial charge in [0.15, 0.2) is 0 Å². The third-order valence-electron chi connectivity index (χ3n) is 3.20. The van der Waals surface area contributed by atoms with Crippen molar-refractivity contribution in [2.45, 2.75) is 37.0 Å². The second-order valence-corrected chi connectivity index (χ2v) is 4.65. The molecule has 1 fully saturated rings. The molecule has 1 heterocycles. The molecule has 0 bridgehead atoms. The Morgan fingerprint density at radius 2 is 1.79 bits per heavy atom. The highest BCUT2D eigenvalue weighted by atomic mass is 19.4. The van der Waals surface area contributed by atoms with E-state index in [1.54, 1.807) is 0 Å². The lowest BCUT2D eigenvalue weighted by atomic mass is 9.88. The minimum atomic E-state index is -5.13. The molecule has 19 heavy (non-hydrogen) atoms. The monoisotopic (exact) mass is 284 g/mol. The molecular weight excluding hydrogens is 269 g/mol. The number of nitrogens with two attached hydrogens (primary N) is 1. The van der Waals surface area contributed by atoms with Gasteiger partial charge < -0.3 is 20.9 Å². The number of rotatable bonds is 3. The normalized spacial score (nSPS) is 22.4. The van der Waals surface area contributed by atoms with Crippen LogP contribution in [0.25, 0.3) is 0 Å². The molecule has 4 N–H and O–H groups in total. The summed E-state index contributed by atoms with van der Waals surface area (Å²) >= 11 is 0. The average molecular weight is 284 g/mol. The van der Waals surface area contributed by atoms with Crippen LogP contribution >= 0.6 is 0 Å². The number of carbonyl (C=O) groups excluding carboxylic acids is 1. The van der Waals surface area contributed by atoms with Gasteiger partial charge in [-0.25, -0.2) is 4.79 Å². The van der Waals surface area contributed by atoms with Gasteiger partial charge in [0, 0.05) is 13.2 Å². The van der Waals surface area contributed by atoms with E-state index in [2.05, 4.69) is 0 Å². The Morgan fingerprint density at radius 1 is 1.32 bits per heavy atom. The Balaban J connectivity index is 2.92. The fourth-order valence-electron chi connectivity index (χ4n) is 1.56. The highest BCUT2D eigenvalue weighted by Crippen LogP contribution is 2.31. The maximum absolute atomic E-state index is 12.7. The van der Waals surface area contributed by atoms with Gasteiger partial charge in [-0.15, -0.1) is 0 Å². The van der Waals surface area contributed by atoms with E-state index in [0.29, 0.717) is 6.92 Å². The van der Waals surface area contributed by atoms with Crippen LogP contribution in [0.1, 0.15) is 19.8 Å². The van der Waals surface area contributed by atoms with Gasteiger partial charge in [-0.1, -0.05) is 0 Å². The second kappa shape index (κ2) is 4.97. The summed E-state index contributed by atoms with van der Waals surface area (Å²) in [6.07, 6.45) is -5.06. The first kappa shape index (κ1) is 15.7. The lowest BCUT2D eigenvalue weighted by Crippen LogP contribution is -2.68. The topological polar surface area (TPSA) is 102 Å². The minimum absolute atomic E-state index is 0.0341. The van der Waals surface area contributed by atoms with Gasteiger partial charge in [0.05, 0.1) is 5.54 Å². The van der Waals surface area contributed by atoms with E-state index < -0.39 is 29.1 Å². The Bertz CT molecular complexity index is 379. The zero-order valence-electron chi connectivity index (χ0n) is 10.2. The zero-order chi connectivity index (χ0) is 14.9. The Hall–Kier alpha value is -1.35. The number of ether oxygens (including phenoxy) is 1. The standard InChI is InChI=1S/C10H15F3N2O4/c1-8(7(17)18,10(11,12)13)15-6(16)9(14)2-4-19-5-3-9/h2-5,14H2,1H3,(H,15,16)(H,17,18). The molecule has 1 saturated heterocycles. The third-order valence-corrected chi connectivity index (χ3v) is 3.20. The Labute approximate surface area is 107 Å². The summed E-state index contributed by atoms with van der Waals surface area (Å²) in [5.74, 6) is -3.33. The van der Waals surface area contributed by atoms with E-state index in [9.17, 15) is 22.8 Å². The van der Waals surface area contributed by atoms with E-state index in [1.165, 1.54) is 5.32 Å². The molecule has 1 aliphatic rings. The first-order valence-electron chi connectivity index (χ1n) is 5.52. The zero-order valence-corrected chi connectivity index (χ0v) is 10.2. The van der Waals surface area contributed by atoms with Crippen molar-refractivity contribution in [1.29, 1.82) is 0 Å². The first-order valence-corrected chi connectivity index (χ1v) is 5.52. The second-order valence-electron chi connectivity index (χ2n) is 4.65. The predicted molar refractivity (Wildman–Crippen MR) is 57.2 cm³/mol. The quantitative estimate of drug-likeness (QED) is 0.678. The van der Waals surface area contributed by atoms with Crippen LogP contribution in [-0.4, -0.2) is 47.5 Å². The molecule has 0 aliphatic carbocycles. The van der Waals surface area contributed by atoms with E-state index in [0.717, 1.165) is 0 Å². The number of carboxylic acid groups (broad SMARTS) is 1. The molecule has 9 heteroatoms. The summed E-state index contributed by atoms with van der Waals surface area (Å²) in [4.78, 5) is 22.6. The first-order chi connectivity index (χ1) is 8.53. The molecule has 0 radical (unpaired) electrons. The number of amides is 1. The summed E-state index contributed by atoms with van der Waals surface area (Å²) in [5.41, 5.74) is 0.793. The van der Waals surface area contributed by atoms with Gasteiger partial charge in [0.25, 0.3) is 0 Å². The number of aliphatic carboxylic acids is 1. The maximum atomic E-state index is 12.7. The van der Waals surface area contributed by atoms with Crippen LogP contribution in [0.2, 0.25) is 0 Å². The minimum Gasteiger partial charge on any atom is -0.479 e. The lowest BCUT2D eigenvalue weighted by Gasteiger charge is -2.36. The molecule has 6 nitrogen and oxygen atoms in total. The molecule has 1 rings (SSSR count). The molecule has 0 aromatic heterocycles. The van der Waals surface area contributed by atoms with Gasteiger partial charge in [-0.2, -0.15) is 13.2 Å². The van der Waals surface area contributed by atoms with E-state index in [-0.39, 0.29) is 26.1 Å². The fourth-order valence-corrected chi connectivity index (χ4v) is 1.56. The van der Waals surface area contributed by atoms with Gasteiger partial charge in [-0.3, -0.25) is 4.79 Å². The van der Waals surface area contributed by atoms with E-state index in [1.807, 2.05) is 0 Å². The number of hydrogen-bond donors (Lipinski definition) is 3. The molecule has 0 spiro atoms. The number of halogens is 3. The van der Waals surface area contributed by atoms with Crippen molar-refractivity contribution >= 4 is 11.9 Å². The smallest absolute Gasteiger partial charge is 0.422 e. The number of hydrogen-bond acceptors (Lipinski definition) is 4. The van der Waals surface area contributed by atoms with Crippen LogP contribution in [0.4, 0.5) is 13.2 Å². The van der Waals surface area contributed by atoms with Crippen LogP contribution < -0.4 is 11.1 Å². The van der Waals surface area contributed by atoms with Crippen molar-refractivity contribution in [3.63, 3.8) is 0 Å². The number of nitrogens with one attached hydrogen (secondary N) is 1. The van der Waals surface area contributed by atoms with Crippen LogP contribution in [0.15, 0.2) is 0 Å². The average Bonchev–Trinajstić information content (AvgIpc) is 2.28. The summed E-state index contributed by atoms with van der Waals surface area (Å²) in [7, 11) is 0. The molecule has 1 amide bonds. The van der Waals surface area contributed by atoms with Gasteiger partial charge in [-0.05, 0) is 19.8 Å². The molecule has 1 unspecified atom stereocenters. The molecule has 0 saturated carbocycles. The van der Waals surface area contributed by atoms with Crippen LogP contribution in [0, 0.1) is 0 Å². The van der Waals surface area contributed by atoms with Crippen LogP contribution in [0.5, 0.6) is 0 Å². The molecular formula is C10H15F3N2O4. The van der Waals surface area contributed by atoms with Gasteiger partial charge in [0.1, 0.15) is 0 Å². The number of carboxylic acids is 1. The SMILES string of the molecule is CC(NC(=O)C1(N)CCOCC1)(C(=O)O)C(F)(F)F. The van der Waals surface area contributed by atoms with Crippen molar-refractivity contribution in [3.05, 3.63) is 0 Å². The van der Waals surface area contributed by atoms with Crippen molar-refractivity contribution in [2.75, 3.05) is 13.2 Å². The molecule has 1 atom stereocenters. The third kappa shape index (κ3) is 2.98. The summed E-state index contributed by atoms with van der Waals surface area (Å²) < 4.78 is 43.2. The fraction of sp³-hybridized carbons (Fsp3) is 0.800. The van der Waals surface area contributed by atoms with Crippen molar-refractivity contribution < 1.29 is 32.6 Å². The van der Waals surface area contributed by atoms with Gasteiger partial charge in [0.2, 0.25) is 11.4 Å². The highest BCUT2D eigenvalue weighted by molar-refractivity contribution is 5.92. The number of carbonyl (C=O) groups is 2. The van der Waals surface area contributed by atoms with E-state index in [4.69, 9.17) is 15.6 Å². The predicted octanol–water partition coefficient (Wildman–Crippen LogP) is 0.0161. The largest absolute Gasteiger partial charge is 0.479 e. The van der Waals surface area contributed by atoms with Gasteiger partial charge >= 0.3 is 12.1 Å². The highest BCUT2D eigenvalue weighted by Gasteiger charge is 2.59. The lowest BCUT2D eigenvalue weighted by molar-refractivity contribution is -0.207. The van der Waals surface area contributed by atoms with Crippen molar-refractivity contribution in [2.24, 2.45) is 5.73 Å². The molecule has 0 aromatic rings. The Morgan fingerprint density at radius 3 is 2.16 bits per heavy atom. The molecule has 0 aromatic carbocycles. The summed E-state index contributed by atoms with van der Waals surface area (Å²) in [6.45, 7) is 0.662.